The lowest BCUT2D eigenvalue weighted by atomic mass is 9.92. The third kappa shape index (κ3) is 6.28. The fourth-order valence-corrected chi connectivity index (χ4v) is 2.71. The van der Waals surface area contributed by atoms with Crippen LogP contribution in [0.5, 0.6) is 5.88 Å². The summed E-state index contributed by atoms with van der Waals surface area (Å²) in [4.78, 5) is 24.5. The van der Waals surface area contributed by atoms with Gasteiger partial charge in [-0.2, -0.15) is 0 Å². The van der Waals surface area contributed by atoms with Crippen molar-refractivity contribution < 1.29 is 28.7 Å². The van der Waals surface area contributed by atoms with E-state index >= 15 is 0 Å². The Hall–Kier alpha value is -2.25. The van der Waals surface area contributed by atoms with Crippen molar-refractivity contribution in [1.82, 2.24) is 10.1 Å². The second kappa shape index (κ2) is 8.22. The van der Waals surface area contributed by atoms with E-state index in [4.69, 9.17) is 14.6 Å². The Balaban J connectivity index is 1.62. The highest BCUT2D eigenvalue weighted by molar-refractivity contribution is 5.84. The summed E-state index contributed by atoms with van der Waals surface area (Å²) in [6, 6.07) is 1.27. The fraction of sp³-hybridized carbons (Fsp3) is 0.706. The lowest BCUT2D eigenvalue weighted by Gasteiger charge is -2.33. The number of ether oxygens (including phenoxy) is 2. The number of piperidine rings is 1. The van der Waals surface area contributed by atoms with Crippen LogP contribution in [0.3, 0.4) is 0 Å². The molecule has 0 radical (unpaired) electrons. The second-order valence-corrected chi connectivity index (χ2v) is 7.24. The van der Waals surface area contributed by atoms with Gasteiger partial charge in [-0.3, -0.25) is 0 Å². The van der Waals surface area contributed by atoms with Gasteiger partial charge >= 0.3 is 12.1 Å². The van der Waals surface area contributed by atoms with Crippen molar-refractivity contribution in [3.8, 4) is 5.88 Å². The molecule has 0 aromatic carbocycles. The highest BCUT2D eigenvalue weighted by Gasteiger charge is 2.26. The smallest absolute Gasteiger partial charge is 0.410 e. The number of carboxylic acids is 1. The molecule has 0 aliphatic carbocycles. The summed E-state index contributed by atoms with van der Waals surface area (Å²) in [5.41, 5.74) is -0.465. The molecule has 1 N–H and O–H groups in total. The zero-order valence-electron chi connectivity index (χ0n) is 15.0. The maximum atomic E-state index is 12.0. The van der Waals surface area contributed by atoms with Crippen LogP contribution in [0.1, 0.15) is 57.0 Å². The molecule has 2 rings (SSSR count). The molecule has 1 aromatic rings. The number of carbonyl (C=O) groups is 2. The van der Waals surface area contributed by atoms with Crippen molar-refractivity contribution in [3.63, 3.8) is 0 Å². The van der Waals surface area contributed by atoms with E-state index in [1.807, 2.05) is 20.8 Å². The lowest BCUT2D eigenvalue weighted by molar-refractivity contribution is 0.0179. The maximum absolute atomic E-state index is 12.0. The van der Waals surface area contributed by atoms with Gasteiger partial charge in [-0.15, -0.1) is 0 Å². The van der Waals surface area contributed by atoms with Crippen molar-refractivity contribution >= 4 is 12.1 Å². The first-order valence-electron chi connectivity index (χ1n) is 8.55. The number of carboxylic acid groups (broad SMARTS) is 1. The normalized spacial score (nSPS) is 15.9. The largest absolute Gasteiger partial charge is 0.475 e. The van der Waals surface area contributed by atoms with E-state index in [1.165, 1.54) is 6.07 Å². The summed E-state index contributed by atoms with van der Waals surface area (Å²) in [6.07, 6.45) is 3.49. The van der Waals surface area contributed by atoms with Crippen molar-refractivity contribution in [2.45, 2.75) is 52.1 Å². The molecule has 1 aromatic heterocycles. The van der Waals surface area contributed by atoms with Gasteiger partial charge in [0.2, 0.25) is 5.76 Å². The SMILES string of the molecule is CC(C)(C)OC(=O)N1CCC(CCCOc2cc(C(=O)O)on2)CC1. The first kappa shape index (κ1) is 19.1. The molecule has 1 amide bonds. The van der Waals surface area contributed by atoms with E-state index in [2.05, 4.69) is 9.68 Å². The summed E-state index contributed by atoms with van der Waals surface area (Å²) >= 11 is 0. The van der Waals surface area contributed by atoms with Crippen LogP contribution in [0.2, 0.25) is 0 Å². The third-order valence-corrected chi connectivity index (χ3v) is 3.97. The average Bonchev–Trinajstić information content (AvgIpc) is 2.99. The lowest BCUT2D eigenvalue weighted by Crippen LogP contribution is -2.41. The Labute approximate surface area is 147 Å². The first-order chi connectivity index (χ1) is 11.7. The number of aromatic nitrogens is 1. The van der Waals surface area contributed by atoms with Gasteiger partial charge in [0.25, 0.3) is 5.88 Å². The number of aromatic carboxylic acids is 1. The molecule has 1 aliphatic rings. The first-order valence-corrected chi connectivity index (χ1v) is 8.55. The molecule has 25 heavy (non-hydrogen) atoms. The van der Waals surface area contributed by atoms with Gasteiger partial charge in [0.05, 0.1) is 12.7 Å². The van der Waals surface area contributed by atoms with Gasteiger partial charge in [-0.1, -0.05) is 0 Å². The van der Waals surface area contributed by atoms with E-state index in [9.17, 15) is 9.59 Å². The summed E-state index contributed by atoms with van der Waals surface area (Å²) in [7, 11) is 0. The molecule has 8 heteroatoms. The van der Waals surface area contributed by atoms with Crippen LogP contribution in [0.25, 0.3) is 0 Å². The van der Waals surface area contributed by atoms with E-state index in [0.29, 0.717) is 25.6 Å². The van der Waals surface area contributed by atoms with Crippen molar-refractivity contribution in [2.24, 2.45) is 5.92 Å². The predicted molar refractivity (Wildman–Crippen MR) is 88.7 cm³/mol. The Kier molecular flexibility index (Phi) is 6.27. The minimum atomic E-state index is -1.17. The molecule has 140 valence electrons. The van der Waals surface area contributed by atoms with E-state index in [1.54, 1.807) is 4.90 Å². The van der Waals surface area contributed by atoms with Crippen LogP contribution in [0.15, 0.2) is 10.6 Å². The topological polar surface area (TPSA) is 102 Å². The quantitative estimate of drug-likeness (QED) is 0.783. The van der Waals surface area contributed by atoms with Crippen LogP contribution in [0.4, 0.5) is 4.79 Å². The molecular weight excluding hydrogens is 328 g/mol. The van der Waals surface area contributed by atoms with E-state index in [-0.39, 0.29) is 17.7 Å². The van der Waals surface area contributed by atoms with Crippen LogP contribution < -0.4 is 4.74 Å². The highest BCUT2D eigenvalue weighted by Crippen LogP contribution is 2.23. The molecule has 8 nitrogen and oxygen atoms in total. The Bertz CT molecular complexity index is 584. The van der Waals surface area contributed by atoms with E-state index < -0.39 is 11.6 Å². The number of hydrogen-bond donors (Lipinski definition) is 1. The Morgan fingerprint density at radius 3 is 2.60 bits per heavy atom. The molecule has 1 aliphatic heterocycles. The highest BCUT2D eigenvalue weighted by atomic mass is 16.6. The molecule has 0 bridgehead atoms. The molecule has 2 heterocycles. The van der Waals surface area contributed by atoms with E-state index in [0.717, 1.165) is 25.7 Å². The molecule has 1 fully saturated rings. The Morgan fingerprint density at radius 1 is 1.36 bits per heavy atom. The van der Waals surface area contributed by atoms with Gasteiger partial charge in [0, 0.05) is 13.1 Å². The molecule has 0 saturated carbocycles. The predicted octanol–water partition coefficient (Wildman–Crippen LogP) is 3.18. The standard InChI is InChI=1S/C17H26N2O6/c1-17(2,3)24-16(22)19-8-6-12(7-9-19)5-4-10-23-14-11-13(15(20)21)25-18-14/h11-12H,4-10H2,1-3H3,(H,20,21). The maximum Gasteiger partial charge on any atom is 0.410 e. The number of nitrogens with zero attached hydrogens (tertiary/aromatic N) is 2. The molecule has 1 saturated heterocycles. The van der Waals surface area contributed by atoms with Crippen LogP contribution in [-0.4, -0.2) is 52.5 Å². The summed E-state index contributed by atoms with van der Waals surface area (Å²) in [6.45, 7) is 7.49. The second-order valence-electron chi connectivity index (χ2n) is 7.24. The van der Waals surface area contributed by atoms with Gasteiger partial charge in [-0.25, -0.2) is 9.59 Å². The van der Waals surface area contributed by atoms with Crippen molar-refractivity contribution in [2.75, 3.05) is 19.7 Å². The van der Waals surface area contributed by atoms with Crippen LogP contribution in [0, 0.1) is 5.92 Å². The summed E-state index contributed by atoms with van der Waals surface area (Å²) < 4.78 is 15.4. The zero-order valence-corrected chi connectivity index (χ0v) is 15.0. The monoisotopic (exact) mass is 354 g/mol. The van der Waals surface area contributed by atoms with Gasteiger partial charge in [0.1, 0.15) is 5.60 Å². The van der Waals surface area contributed by atoms with Gasteiger partial charge in [0.15, 0.2) is 0 Å². The molecule has 0 atom stereocenters. The number of amides is 1. The molecule has 0 unspecified atom stereocenters. The number of rotatable bonds is 6. The van der Waals surface area contributed by atoms with Crippen LogP contribution in [-0.2, 0) is 4.74 Å². The van der Waals surface area contributed by atoms with Crippen LogP contribution >= 0.6 is 0 Å². The summed E-state index contributed by atoms with van der Waals surface area (Å²) in [5.74, 6) is -0.657. The Morgan fingerprint density at radius 2 is 2.04 bits per heavy atom. The zero-order chi connectivity index (χ0) is 18.4. The summed E-state index contributed by atoms with van der Waals surface area (Å²) in [5, 5.41) is 12.3. The average molecular weight is 354 g/mol. The van der Waals surface area contributed by atoms with Crippen molar-refractivity contribution in [3.05, 3.63) is 11.8 Å². The minimum Gasteiger partial charge on any atom is -0.475 e. The fourth-order valence-electron chi connectivity index (χ4n) is 2.71. The van der Waals surface area contributed by atoms with Gasteiger partial charge < -0.3 is 24.0 Å². The number of likely N-dealkylation sites (tertiary alicyclic amines) is 1. The minimum absolute atomic E-state index is 0.192. The third-order valence-electron chi connectivity index (χ3n) is 3.97. The van der Waals surface area contributed by atoms with Crippen molar-refractivity contribution in [1.29, 1.82) is 0 Å². The number of carbonyl (C=O) groups excluding carboxylic acids is 1. The molecular formula is C17H26N2O6. The number of hydrogen-bond acceptors (Lipinski definition) is 6. The molecule has 0 spiro atoms. The van der Waals surface area contributed by atoms with Gasteiger partial charge in [-0.05, 0) is 57.5 Å².